The van der Waals surface area contributed by atoms with E-state index < -0.39 is 0 Å². The lowest BCUT2D eigenvalue weighted by Crippen LogP contribution is -2.37. The van der Waals surface area contributed by atoms with Crippen molar-refractivity contribution >= 4 is 28.5 Å². The summed E-state index contributed by atoms with van der Waals surface area (Å²) in [5.41, 5.74) is 4.57. The highest BCUT2D eigenvalue weighted by atomic mass is 35.5. The summed E-state index contributed by atoms with van der Waals surface area (Å²) in [6.45, 7) is 8.58. The number of hydrogen-bond acceptors (Lipinski definition) is 5. The summed E-state index contributed by atoms with van der Waals surface area (Å²) in [7, 11) is 3.99. The third-order valence-electron chi connectivity index (χ3n) is 6.16. The van der Waals surface area contributed by atoms with E-state index >= 15 is 0 Å². The molecule has 2 aromatic carbocycles. The lowest BCUT2D eigenvalue weighted by molar-refractivity contribution is -0.122. The summed E-state index contributed by atoms with van der Waals surface area (Å²) in [6, 6.07) is 15.5. The van der Waals surface area contributed by atoms with Gasteiger partial charge < -0.3 is 10.2 Å². The van der Waals surface area contributed by atoms with Crippen LogP contribution in [0.25, 0.3) is 33.5 Å². The second-order valence-corrected chi connectivity index (χ2v) is 10.9. The number of aromatic nitrogens is 3. The zero-order valence-electron chi connectivity index (χ0n) is 22.7. The maximum atomic E-state index is 13.9. The molecule has 0 spiro atoms. The van der Waals surface area contributed by atoms with Crippen molar-refractivity contribution in [3.63, 3.8) is 0 Å². The van der Waals surface area contributed by atoms with Crippen LogP contribution in [0.4, 0.5) is 0 Å². The summed E-state index contributed by atoms with van der Waals surface area (Å²) >= 11 is 6.42. The van der Waals surface area contributed by atoms with Crippen LogP contribution in [-0.2, 0) is 17.9 Å². The van der Waals surface area contributed by atoms with Gasteiger partial charge in [0.25, 0.3) is 5.56 Å². The number of carbonyl (C=O) groups is 1. The van der Waals surface area contributed by atoms with Gasteiger partial charge in [-0.25, -0.2) is 9.97 Å². The van der Waals surface area contributed by atoms with Crippen LogP contribution >= 0.6 is 11.6 Å². The molecule has 2 heterocycles. The zero-order valence-corrected chi connectivity index (χ0v) is 23.5. The standard InChI is InChI=1S/C30H34ClN5O2/c1-18(2)21-8-7-9-22(12-21)29-34-28-26(30(38)36(29)17-27(37)33-19(3)4)14-24(15-32-28)23-10-20(16-35(5)6)11-25(31)13-23/h7-15,18-19H,16-17H2,1-6H3,(H,33,37). The predicted molar refractivity (Wildman–Crippen MR) is 154 cm³/mol. The first-order chi connectivity index (χ1) is 18.0. The maximum Gasteiger partial charge on any atom is 0.263 e. The van der Waals surface area contributed by atoms with Gasteiger partial charge in [-0.1, -0.05) is 43.6 Å². The summed E-state index contributed by atoms with van der Waals surface area (Å²) in [6.07, 6.45) is 1.71. The summed E-state index contributed by atoms with van der Waals surface area (Å²) in [5, 5.41) is 3.84. The second kappa shape index (κ2) is 11.5. The van der Waals surface area contributed by atoms with E-state index in [1.54, 1.807) is 12.3 Å². The van der Waals surface area contributed by atoms with E-state index in [4.69, 9.17) is 16.6 Å². The molecule has 0 aliphatic rings. The average Bonchev–Trinajstić information content (AvgIpc) is 2.84. The first-order valence-electron chi connectivity index (χ1n) is 12.8. The number of nitrogens with one attached hydrogen (secondary N) is 1. The van der Waals surface area contributed by atoms with Crippen LogP contribution < -0.4 is 10.9 Å². The van der Waals surface area contributed by atoms with Gasteiger partial charge in [-0.2, -0.15) is 0 Å². The van der Waals surface area contributed by atoms with Crippen molar-refractivity contribution in [2.24, 2.45) is 0 Å². The Labute approximate surface area is 228 Å². The van der Waals surface area contributed by atoms with Gasteiger partial charge in [0.15, 0.2) is 5.65 Å². The molecule has 8 heteroatoms. The van der Waals surface area contributed by atoms with Crippen LogP contribution in [0.15, 0.2) is 59.5 Å². The van der Waals surface area contributed by atoms with Crippen molar-refractivity contribution in [1.29, 1.82) is 0 Å². The molecule has 4 rings (SSSR count). The SMILES string of the molecule is CC(C)NC(=O)Cn1c(-c2cccc(C(C)C)c2)nc2ncc(-c3cc(Cl)cc(CN(C)C)c3)cc2c1=O. The molecule has 0 fully saturated rings. The molecule has 7 nitrogen and oxygen atoms in total. The van der Waals surface area contributed by atoms with Gasteiger partial charge in [0.1, 0.15) is 12.4 Å². The highest BCUT2D eigenvalue weighted by Crippen LogP contribution is 2.28. The van der Waals surface area contributed by atoms with Crippen LogP contribution in [0.3, 0.4) is 0 Å². The highest BCUT2D eigenvalue weighted by molar-refractivity contribution is 6.31. The Morgan fingerprint density at radius 1 is 1.03 bits per heavy atom. The average molecular weight is 532 g/mol. The largest absolute Gasteiger partial charge is 0.352 e. The molecule has 2 aromatic heterocycles. The molecule has 4 aromatic rings. The molecule has 1 amide bonds. The summed E-state index contributed by atoms with van der Waals surface area (Å²) in [4.78, 5) is 38.1. The monoisotopic (exact) mass is 531 g/mol. The molecule has 0 saturated carbocycles. The first kappa shape index (κ1) is 27.5. The van der Waals surface area contributed by atoms with Crippen molar-refractivity contribution in [3.05, 3.63) is 81.2 Å². The number of benzene rings is 2. The van der Waals surface area contributed by atoms with Gasteiger partial charge in [0.05, 0.1) is 5.39 Å². The number of fused-ring (bicyclic) bond motifs is 1. The third-order valence-corrected chi connectivity index (χ3v) is 6.38. The van der Waals surface area contributed by atoms with Crippen molar-refractivity contribution in [2.45, 2.75) is 52.7 Å². The number of amides is 1. The molecule has 0 bridgehead atoms. The normalized spacial score (nSPS) is 11.6. The van der Waals surface area contributed by atoms with Gasteiger partial charge in [-0.15, -0.1) is 0 Å². The molecule has 38 heavy (non-hydrogen) atoms. The number of carbonyl (C=O) groups excluding carboxylic acids is 1. The Morgan fingerprint density at radius 3 is 2.47 bits per heavy atom. The zero-order chi connectivity index (χ0) is 27.6. The quantitative estimate of drug-likeness (QED) is 0.325. The topological polar surface area (TPSA) is 80.1 Å². The van der Waals surface area contributed by atoms with Gasteiger partial charge in [0.2, 0.25) is 5.91 Å². The fraction of sp³-hybridized carbons (Fsp3) is 0.333. The van der Waals surface area contributed by atoms with Gasteiger partial charge in [-0.3, -0.25) is 14.2 Å². The van der Waals surface area contributed by atoms with Crippen LogP contribution in [0, 0.1) is 0 Å². The lowest BCUT2D eigenvalue weighted by atomic mass is 10.0. The molecule has 0 saturated heterocycles. The summed E-state index contributed by atoms with van der Waals surface area (Å²) < 4.78 is 1.44. The van der Waals surface area contributed by atoms with E-state index in [1.165, 1.54) is 4.57 Å². The number of rotatable bonds is 8. The third kappa shape index (κ3) is 6.29. The Morgan fingerprint density at radius 2 is 1.79 bits per heavy atom. The minimum atomic E-state index is -0.316. The van der Waals surface area contributed by atoms with Crippen molar-refractivity contribution in [1.82, 2.24) is 24.8 Å². The van der Waals surface area contributed by atoms with Gasteiger partial charge in [-0.05, 0) is 80.9 Å². The molecular weight excluding hydrogens is 498 g/mol. The fourth-order valence-corrected chi connectivity index (χ4v) is 4.71. The maximum absolute atomic E-state index is 13.9. The van der Waals surface area contributed by atoms with E-state index in [9.17, 15) is 9.59 Å². The molecule has 0 aliphatic carbocycles. The highest BCUT2D eigenvalue weighted by Gasteiger charge is 2.18. The second-order valence-electron chi connectivity index (χ2n) is 10.5. The Bertz CT molecular complexity index is 1540. The Hall–Kier alpha value is -3.55. The number of hydrogen-bond donors (Lipinski definition) is 1. The van der Waals surface area contributed by atoms with Crippen LogP contribution in [0.1, 0.15) is 44.7 Å². The first-order valence-corrected chi connectivity index (χ1v) is 13.1. The Kier molecular flexibility index (Phi) is 8.29. The lowest BCUT2D eigenvalue weighted by Gasteiger charge is -2.16. The molecule has 1 N–H and O–H groups in total. The fourth-order valence-electron chi connectivity index (χ4n) is 4.45. The molecule has 0 atom stereocenters. The molecule has 0 unspecified atom stereocenters. The van der Waals surface area contributed by atoms with Crippen LogP contribution in [0.2, 0.25) is 5.02 Å². The van der Waals surface area contributed by atoms with Crippen LogP contribution in [0.5, 0.6) is 0 Å². The van der Waals surface area contributed by atoms with E-state index in [2.05, 4.69) is 29.0 Å². The molecule has 0 aliphatic heterocycles. The predicted octanol–water partition coefficient (Wildman–Crippen LogP) is 5.49. The van der Waals surface area contributed by atoms with E-state index in [-0.39, 0.29) is 24.1 Å². The van der Waals surface area contributed by atoms with E-state index in [0.717, 1.165) is 34.4 Å². The van der Waals surface area contributed by atoms with Gasteiger partial charge >= 0.3 is 0 Å². The van der Waals surface area contributed by atoms with Crippen molar-refractivity contribution < 1.29 is 4.79 Å². The number of halogens is 1. The van der Waals surface area contributed by atoms with E-state index in [1.807, 2.05) is 70.4 Å². The number of nitrogens with zero attached hydrogens (tertiary/aromatic N) is 4. The van der Waals surface area contributed by atoms with Crippen molar-refractivity contribution in [2.75, 3.05) is 14.1 Å². The van der Waals surface area contributed by atoms with Crippen LogP contribution in [-0.4, -0.2) is 45.5 Å². The minimum Gasteiger partial charge on any atom is -0.352 e. The molecule has 0 radical (unpaired) electrons. The smallest absolute Gasteiger partial charge is 0.263 e. The number of pyridine rings is 1. The van der Waals surface area contributed by atoms with Crippen molar-refractivity contribution in [3.8, 4) is 22.5 Å². The Balaban J connectivity index is 1.89. The summed E-state index contributed by atoms with van der Waals surface area (Å²) in [5.74, 6) is 0.465. The van der Waals surface area contributed by atoms with E-state index in [0.29, 0.717) is 27.8 Å². The molecule has 198 valence electrons. The van der Waals surface area contributed by atoms with Gasteiger partial charge in [0, 0.05) is 34.9 Å². The molecular formula is C30H34ClN5O2. The minimum absolute atomic E-state index is 0.0493.